The Labute approximate surface area is 61.1 Å². The molecule has 1 fully saturated rings. The van der Waals surface area contributed by atoms with Gasteiger partial charge in [0, 0.05) is 5.92 Å². The van der Waals surface area contributed by atoms with Crippen molar-refractivity contribution in [2.24, 2.45) is 17.6 Å². The predicted octanol–water partition coefficient (Wildman–Crippen LogP) is 0.726. The van der Waals surface area contributed by atoms with Gasteiger partial charge in [-0.05, 0) is 31.4 Å². The smallest absolute Gasteiger partial charge is 0.161 e. The second-order valence-electron chi connectivity index (χ2n) is 2.98. The van der Waals surface area contributed by atoms with Crippen LogP contribution in [0.3, 0.4) is 0 Å². The molecule has 0 saturated heterocycles. The van der Waals surface area contributed by atoms with Gasteiger partial charge in [0.25, 0.3) is 0 Å². The molecule has 1 aliphatic carbocycles. The van der Waals surface area contributed by atoms with Gasteiger partial charge in [0.1, 0.15) is 0 Å². The summed E-state index contributed by atoms with van der Waals surface area (Å²) < 4.78 is 0. The van der Waals surface area contributed by atoms with Gasteiger partial charge < -0.3 is 5.73 Å². The lowest BCUT2D eigenvalue weighted by molar-refractivity contribution is -0.116. The van der Waals surface area contributed by atoms with Crippen LogP contribution in [-0.4, -0.2) is 12.3 Å². The van der Waals surface area contributed by atoms with Crippen LogP contribution in [0, 0.1) is 11.8 Å². The summed E-state index contributed by atoms with van der Waals surface area (Å²) in [6.45, 7) is 6.00. The average molecular weight is 139 g/mol. The highest BCUT2D eigenvalue weighted by atomic mass is 16.1. The summed E-state index contributed by atoms with van der Waals surface area (Å²) >= 11 is 0. The number of Topliss-reactive ketones (excluding diaryl/α,β-unsaturated/α-hetero) is 1. The summed E-state index contributed by atoms with van der Waals surface area (Å²) in [5.74, 6) is 0.863. The fourth-order valence-corrected chi connectivity index (χ4v) is 1.15. The normalized spacial score (nSPS) is 29.8. The molecular formula is C8H13NO. The fourth-order valence-electron chi connectivity index (χ4n) is 1.15. The zero-order chi connectivity index (χ0) is 7.72. The maximum atomic E-state index is 11.1. The highest BCUT2D eigenvalue weighted by Crippen LogP contribution is 2.39. The molecule has 2 atom stereocenters. The molecule has 0 aromatic heterocycles. The van der Waals surface area contributed by atoms with E-state index in [0.717, 1.165) is 6.42 Å². The Bertz CT molecular complexity index is 174. The second-order valence-corrected chi connectivity index (χ2v) is 2.98. The molecule has 0 aromatic carbocycles. The van der Waals surface area contributed by atoms with Gasteiger partial charge in [0.15, 0.2) is 5.78 Å². The van der Waals surface area contributed by atoms with E-state index in [1.807, 2.05) is 0 Å². The molecule has 2 N–H and O–H groups in total. The number of rotatable bonds is 3. The first-order valence-corrected chi connectivity index (χ1v) is 3.56. The third kappa shape index (κ3) is 1.27. The van der Waals surface area contributed by atoms with Crippen LogP contribution in [0.4, 0.5) is 0 Å². The topological polar surface area (TPSA) is 43.1 Å². The molecule has 0 radical (unpaired) electrons. The van der Waals surface area contributed by atoms with Gasteiger partial charge in [0.2, 0.25) is 0 Å². The standard InChI is InChI=1S/C8H13NO/c1-5(2)8(10)7-3-6(7)4-9/h6-7H,1,3-4,9H2,2H3/t6-,7-/m1/s1. The summed E-state index contributed by atoms with van der Waals surface area (Å²) in [7, 11) is 0. The zero-order valence-corrected chi connectivity index (χ0v) is 6.26. The second kappa shape index (κ2) is 2.54. The molecule has 10 heavy (non-hydrogen) atoms. The van der Waals surface area contributed by atoms with E-state index in [0.29, 0.717) is 18.0 Å². The van der Waals surface area contributed by atoms with E-state index >= 15 is 0 Å². The monoisotopic (exact) mass is 139 g/mol. The van der Waals surface area contributed by atoms with Crippen LogP contribution in [0.5, 0.6) is 0 Å². The molecule has 0 bridgehead atoms. The maximum absolute atomic E-state index is 11.1. The van der Waals surface area contributed by atoms with Crippen molar-refractivity contribution in [1.29, 1.82) is 0 Å². The minimum atomic E-state index is 0.204. The Kier molecular flexibility index (Phi) is 1.90. The Morgan fingerprint density at radius 3 is 2.70 bits per heavy atom. The molecule has 0 aromatic rings. The van der Waals surface area contributed by atoms with Crippen LogP contribution in [0.15, 0.2) is 12.2 Å². The van der Waals surface area contributed by atoms with Crippen LogP contribution in [0.2, 0.25) is 0 Å². The Hall–Kier alpha value is -0.630. The van der Waals surface area contributed by atoms with Crippen molar-refractivity contribution in [2.45, 2.75) is 13.3 Å². The molecule has 1 rings (SSSR count). The Balaban J connectivity index is 2.40. The summed E-state index contributed by atoms with van der Waals surface area (Å²) in [6.07, 6.45) is 0.974. The van der Waals surface area contributed by atoms with Crippen LogP contribution >= 0.6 is 0 Å². The van der Waals surface area contributed by atoms with Crippen molar-refractivity contribution in [3.63, 3.8) is 0 Å². The van der Waals surface area contributed by atoms with Crippen molar-refractivity contribution in [1.82, 2.24) is 0 Å². The predicted molar refractivity (Wildman–Crippen MR) is 40.5 cm³/mol. The van der Waals surface area contributed by atoms with Crippen LogP contribution in [0.25, 0.3) is 0 Å². The molecule has 0 spiro atoms. The molecule has 56 valence electrons. The van der Waals surface area contributed by atoms with E-state index in [-0.39, 0.29) is 11.7 Å². The highest BCUT2D eigenvalue weighted by Gasteiger charge is 2.41. The summed E-state index contributed by atoms with van der Waals surface area (Å²) in [6, 6.07) is 0. The number of hydrogen-bond acceptors (Lipinski definition) is 2. The van der Waals surface area contributed by atoms with Gasteiger partial charge >= 0.3 is 0 Å². The van der Waals surface area contributed by atoms with Crippen LogP contribution in [-0.2, 0) is 4.79 Å². The Morgan fingerprint density at radius 2 is 2.40 bits per heavy atom. The first kappa shape index (κ1) is 7.48. The largest absolute Gasteiger partial charge is 0.330 e. The van der Waals surface area contributed by atoms with Gasteiger partial charge in [-0.15, -0.1) is 0 Å². The van der Waals surface area contributed by atoms with Gasteiger partial charge in [-0.2, -0.15) is 0 Å². The van der Waals surface area contributed by atoms with Crippen LogP contribution in [0.1, 0.15) is 13.3 Å². The van der Waals surface area contributed by atoms with E-state index in [2.05, 4.69) is 6.58 Å². The third-order valence-corrected chi connectivity index (χ3v) is 1.98. The zero-order valence-electron chi connectivity index (χ0n) is 6.26. The van der Waals surface area contributed by atoms with Gasteiger partial charge in [0.05, 0.1) is 0 Å². The minimum absolute atomic E-state index is 0.204. The summed E-state index contributed by atoms with van der Waals surface area (Å²) in [5, 5.41) is 0. The minimum Gasteiger partial charge on any atom is -0.330 e. The maximum Gasteiger partial charge on any atom is 0.161 e. The van der Waals surface area contributed by atoms with Crippen molar-refractivity contribution < 1.29 is 4.79 Å². The third-order valence-electron chi connectivity index (χ3n) is 1.98. The van der Waals surface area contributed by atoms with E-state index in [1.54, 1.807) is 6.92 Å². The molecule has 2 heteroatoms. The first-order valence-electron chi connectivity index (χ1n) is 3.56. The summed E-state index contributed by atoms with van der Waals surface area (Å²) in [5.41, 5.74) is 6.05. The number of allylic oxidation sites excluding steroid dienone is 1. The number of carbonyl (C=O) groups is 1. The molecular weight excluding hydrogens is 126 g/mol. The van der Waals surface area contributed by atoms with Crippen LogP contribution < -0.4 is 5.73 Å². The van der Waals surface area contributed by atoms with E-state index in [1.165, 1.54) is 0 Å². The number of carbonyl (C=O) groups excluding carboxylic acids is 1. The molecule has 1 saturated carbocycles. The van der Waals surface area contributed by atoms with Gasteiger partial charge in [-0.1, -0.05) is 6.58 Å². The van der Waals surface area contributed by atoms with Crippen molar-refractivity contribution in [2.75, 3.05) is 6.54 Å². The lowest BCUT2D eigenvalue weighted by Gasteiger charge is -1.94. The number of ketones is 1. The van der Waals surface area contributed by atoms with Crippen molar-refractivity contribution in [3.05, 3.63) is 12.2 Å². The SMILES string of the molecule is C=C(C)C(=O)[C@@H]1C[C@@H]1CN. The molecule has 0 heterocycles. The van der Waals surface area contributed by atoms with E-state index in [9.17, 15) is 4.79 Å². The lowest BCUT2D eigenvalue weighted by atomic mass is 10.1. The first-order chi connectivity index (χ1) is 4.66. The molecule has 0 amide bonds. The molecule has 0 unspecified atom stereocenters. The number of hydrogen-bond donors (Lipinski definition) is 1. The number of nitrogens with two attached hydrogens (primary N) is 1. The molecule has 1 aliphatic rings. The highest BCUT2D eigenvalue weighted by molar-refractivity contribution is 5.97. The van der Waals surface area contributed by atoms with Gasteiger partial charge in [-0.3, -0.25) is 4.79 Å². The van der Waals surface area contributed by atoms with E-state index < -0.39 is 0 Å². The van der Waals surface area contributed by atoms with Gasteiger partial charge in [-0.25, -0.2) is 0 Å². The lowest BCUT2D eigenvalue weighted by Crippen LogP contribution is -2.08. The van der Waals surface area contributed by atoms with Crippen molar-refractivity contribution in [3.8, 4) is 0 Å². The Morgan fingerprint density at radius 1 is 1.80 bits per heavy atom. The van der Waals surface area contributed by atoms with Crippen molar-refractivity contribution >= 4 is 5.78 Å². The molecule has 0 aliphatic heterocycles. The molecule has 2 nitrogen and oxygen atoms in total. The average Bonchev–Trinajstić information content (AvgIpc) is 2.64. The quantitative estimate of drug-likeness (QED) is 0.586. The fraction of sp³-hybridized carbons (Fsp3) is 0.625. The van der Waals surface area contributed by atoms with E-state index in [4.69, 9.17) is 5.73 Å². The summed E-state index contributed by atoms with van der Waals surface area (Å²) in [4.78, 5) is 11.1.